The van der Waals surface area contributed by atoms with Gasteiger partial charge in [-0.2, -0.15) is 5.10 Å². The minimum atomic E-state index is -2.72. The van der Waals surface area contributed by atoms with Crippen molar-refractivity contribution in [3.63, 3.8) is 0 Å². The number of Topliss-reactive ketones (excluding diaryl/α,β-unsaturated/α-hetero) is 1. The molecular weight excluding hydrogens is 466 g/mol. The lowest BCUT2D eigenvalue weighted by atomic mass is 9.81. The van der Waals surface area contributed by atoms with E-state index in [1.165, 1.54) is 12.3 Å². The van der Waals surface area contributed by atoms with E-state index in [4.69, 9.17) is 0 Å². The van der Waals surface area contributed by atoms with Gasteiger partial charge in [0, 0.05) is 43.0 Å². The van der Waals surface area contributed by atoms with Gasteiger partial charge in [0.2, 0.25) is 0 Å². The number of aryl methyl sites for hydroxylation is 1. The molecule has 0 saturated carbocycles. The van der Waals surface area contributed by atoms with Crippen LogP contribution in [0.3, 0.4) is 0 Å². The van der Waals surface area contributed by atoms with Gasteiger partial charge in [0.1, 0.15) is 11.3 Å². The lowest BCUT2D eigenvalue weighted by Crippen LogP contribution is -2.56. The second-order valence-corrected chi connectivity index (χ2v) is 11.0. The Hall–Kier alpha value is -3.14. The summed E-state index contributed by atoms with van der Waals surface area (Å²) in [6.45, 7) is 10.0. The van der Waals surface area contributed by atoms with E-state index in [-0.39, 0.29) is 34.1 Å². The average Bonchev–Trinajstić information content (AvgIpc) is 3.44. The van der Waals surface area contributed by atoms with E-state index >= 15 is 0 Å². The Morgan fingerprint density at radius 1 is 1.08 bits per heavy atom. The molecule has 1 fully saturated rings. The van der Waals surface area contributed by atoms with Gasteiger partial charge in [-0.25, -0.2) is 18.3 Å². The maximum Gasteiger partial charge on any atom is 0.280 e. The lowest BCUT2D eigenvalue weighted by Gasteiger charge is -2.50. The van der Waals surface area contributed by atoms with E-state index in [1.807, 2.05) is 26.8 Å². The van der Waals surface area contributed by atoms with Gasteiger partial charge in [-0.3, -0.25) is 14.5 Å². The van der Waals surface area contributed by atoms with Crippen LogP contribution in [0.25, 0.3) is 5.65 Å². The van der Waals surface area contributed by atoms with Gasteiger partial charge in [-0.1, -0.05) is 20.8 Å². The number of halogens is 2. The monoisotopic (exact) mass is 498 g/mol. The molecule has 0 unspecified atom stereocenters. The SMILES string of the molecule is Cc1cc(C(F)F)n2ncc(C(=O)N3CCC4(CC3)c3ccc(C(=O)C(C)(C)C)n3CCN4C)c2n1. The fourth-order valence-electron chi connectivity index (χ4n) is 5.66. The van der Waals surface area contributed by atoms with Crippen LogP contribution in [0, 0.1) is 12.3 Å². The quantitative estimate of drug-likeness (QED) is 0.509. The Bertz CT molecular complexity index is 1340. The molecule has 0 bridgehead atoms. The van der Waals surface area contributed by atoms with Crippen molar-refractivity contribution in [2.45, 2.75) is 59.0 Å². The van der Waals surface area contributed by atoms with Gasteiger partial charge in [0.15, 0.2) is 11.4 Å². The van der Waals surface area contributed by atoms with Gasteiger partial charge in [0.05, 0.1) is 17.4 Å². The number of fused-ring (bicyclic) bond motifs is 3. The molecule has 3 aromatic rings. The Morgan fingerprint density at radius 3 is 2.42 bits per heavy atom. The number of rotatable bonds is 3. The van der Waals surface area contributed by atoms with Crippen LogP contribution in [0.4, 0.5) is 8.78 Å². The van der Waals surface area contributed by atoms with E-state index in [1.54, 1.807) is 11.8 Å². The Balaban J connectivity index is 1.42. The number of aromatic nitrogens is 4. The van der Waals surface area contributed by atoms with Crippen molar-refractivity contribution in [3.05, 3.63) is 52.7 Å². The molecule has 5 rings (SSSR count). The van der Waals surface area contributed by atoms with Crippen LogP contribution in [0.5, 0.6) is 0 Å². The number of carbonyl (C=O) groups excluding carboxylic acids is 2. The van der Waals surface area contributed by atoms with Crippen molar-refractivity contribution in [2.75, 3.05) is 26.7 Å². The van der Waals surface area contributed by atoms with Gasteiger partial charge in [-0.15, -0.1) is 0 Å². The standard InChI is InChI=1S/C26H32F2N6O2/c1-16-14-19(22(27)28)34-23(30-16)17(15-29-34)24(36)32-10-8-26(9-11-32)20-7-6-18(21(35)25(2,3)4)33(20)13-12-31(26)5/h6-7,14-15,22H,8-13H2,1-5H3. The number of alkyl halides is 2. The fraction of sp³-hybridized carbons (Fsp3) is 0.538. The number of nitrogens with zero attached hydrogens (tertiary/aromatic N) is 6. The van der Waals surface area contributed by atoms with E-state index in [9.17, 15) is 18.4 Å². The molecule has 0 N–H and O–H groups in total. The molecule has 1 amide bonds. The van der Waals surface area contributed by atoms with E-state index in [0.29, 0.717) is 31.6 Å². The highest BCUT2D eigenvalue weighted by Gasteiger charge is 2.46. The number of amides is 1. The summed E-state index contributed by atoms with van der Waals surface area (Å²) in [4.78, 5) is 35.0. The van der Waals surface area contributed by atoms with Crippen LogP contribution < -0.4 is 0 Å². The molecule has 10 heteroatoms. The number of likely N-dealkylation sites (tertiary alicyclic amines) is 1. The summed E-state index contributed by atoms with van der Waals surface area (Å²) in [6, 6.07) is 5.29. The van der Waals surface area contributed by atoms with Gasteiger partial charge in [-0.05, 0) is 45.0 Å². The van der Waals surface area contributed by atoms with Crippen molar-refractivity contribution in [1.29, 1.82) is 0 Å². The second-order valence-electron chi connectivity index (χ2n) is 11.0. The van der Waals surface area contributed by atoms with E-state index in [0.717, 1.165) is 29.0 Å². The number of ketones is 1. The molecule has 0 aliphatic carbocycles. The highest BCUT2D eigenvalue weighted by molar-refractivity contribution is 6.00. The normalized spacial score (nSPS) is 18.3. The predicted molar refractivity (Wildman–Crippen MR) is 130 cm³/mol. The number of piperidine rings is 1. The van der Waals surface area contributed by atoms with E-state index < -0.39 is 11.8 Å². The lowest BCUT2D eigenvalue weighted by molar-refractivity contribution is 0.0127. The van der Waals surface area contributed by atoms with Crippen molar-refractivity contribution in [3.8, 4) is 0 Å². The minimum absolute atomic E-state index is 0.125. The van der Waals surface area contributed by atoms with Crippen molar-refractivity contribution in [1.82, 2.24) is 29.0 Å². The smallest absolute Gasteiger partial charge is 0.280 e. The molecule has 8 nitrogen and oxygen atoms in total. The molecule has 1 spiro atoms. The van der Waals surface area contributed by atoms with Crippen LogP contribution in [-0.2, 0) is 12.1 Å². The number of hydrogen-bond donors (Lipinski definition) is 0. The summed E-state index contributed by atoms with van der Waals surface area (Å²) in [5.41, 5.74) is 1.64. The maximum absolute atomic E-state index is 13.5. The zero-order chi connectivity index (χ0) is 26.0. The highest BCUT2D eigenvalue weighted by Crippen LogP contribution is 2.42. The topological polar surface area (TPSA) is 75.7 Å². The summed E-state index contributed by atoms with van der Waals surface area (Å²) >= 11 is 0. The molecule has 0 aromatic carbocycles. The molecular formula is C26H32F2N6O2. The third-order valence-corrected chi connectivity index (χ3v) is 7.72. The van der Waals surface area contributed by atoms with Crippen LogP contribution in [-0.4, -0.2) is 67.3 Å². The maximum atomic E-state index is 13.5. The number of hydrogen-bond acceptors (Lipinski definition) is 5. The summed E-state index contributed by atoms with van der Waals surface area (Å²) in [6.07, 6.45) is 0.0232. The summed E-state index contributed by atoms with van der Waals surface area (Å²) in [7, 11) is 2.10. The molecule has 2 aliphatic heterocycles. The average molecular weight is 499 g/mol. The molecule has 0 radical (unpaired) electrons. The second kappa shape index (κ2) is 8.47. The highest BCUT2D eigenvalue weighted by atomic mass is 19.3. The summed E-state index contributed by atoms with van der Waals surface area (Å²) in [5.74, 6) is -0.129. The predicted octanol–water partition coefficient (Wildman–Crippen LogP) is 4.08. The van der Waals surface area contributed by atoms with Crippen molar-refractivity contribution in [2.24, 2.45) is 5.41 Å². The first-order valence-corrected chi connectivity index (χ1v) is 12.3. The molecule has 2 aliphatic rings. The molecule has 3 aromatic heterocycles. The number of carbonyl (C=O) groups is 2. The van der Waals surface area contributed by atoms with Gasteiger partial charge < -0.3 is 9.47 Å². The Labute approximate surface area is 208 Å². The zero-order valence-electron chi connectivity index (χ0n) is 21.4. The largest absolute Gasteiger partial charge is 0.339 e. The minimum Gasteiger partial charge on any atom is -0.339 e. The third kappa shape index (κ3) is 3.73. The van der Waals surface area contributed by atoms with E-state index in [2.05, 4.69) is 32.7 Å². The first-order chi connectivity index (χ1) is 16.9. The van der Waals surface area contributed by atoms with Crippen LogP contribution in [0.1, 0.15) is 78.0 Å². The first kappa shape index (κ1) is 24.5. The fourth-order valence-corrected chi connectivity index (χ4v) is 5.66. The molecule has 192 valence electrons. The van der Waals surface area contributed by atoms with Crippen LogP contribution in [0.2, 0.25) is 0 Å². The van der Waals surface area contributed by atoms with Crippen LogP contribution >= 0.6 is 0 Å². The number of likely N-dealkylation sites (N-methyl/N-ethyl adjacent to an activating group) is 1. The molecule has 36 heavy (non-hydrogen) atoms. The van der Waals surface area contributed by atoms with Crippen LogP contribution in [0.15, 0.2) is 24.4 Å². The van der Waals surface area contributed by atoms with Crippen molar-refractivity contribution < 1.29 is 18.4 Å². The molecule has 5 heterocycles. The van der Waals surface area contributed by atoms with Gasteiger partial charge in [0.25, 0.3) is 12.3 Å². The first-order valence-electron chi connectivity index (χ1n) is 12.3. The molecule has 1 saturated heterocycles. The molecule has 0 atom stereocenters. The summed E-state index contributed by atoms with van der Waals surface area (Å²) < 4.78 is 30.2. The summed E-state index contributed by atoms with van der Waals surface area (Å²) in [5, 5.41) is 4.04. The third-order valence-electron chi connectivity index (χ3n) is 7.72. The Kier molecular flexibility index (Phi) is 5.77. The Morgan fingerprint density at radius 2 is 1.78 bits per heavy atom. The van der Waals surface area contributed by atoms with Crippen molar-refractivity contribution >= 4 is 17.3 Å². The zero-order valence-corrected chi connectivity index (χ0v) is 21.4. The van der Waals surface area contributed by atoms with Gasteiger partial charge >= 0.3 is 0 Å².